The maximum atomic E-state index is 14.6. The first-order valence-electron chi connectivity index (χ1n) is 13.7. The lowest BCUT2D eigenvalue weighted by Crippen LogP contribution is -2.58. The SMILES string of the molecule is C=CCCOC(=O)[C@H]1[C@@H]2SC3(CC2Br)C(C(=O)N(CC=C)Cc2ccccc2)N([C@@H](CO)[C@@H](C)CC)C(=O)[C@H]13. The summed E-state index contributed by atoms with van der Waals surface area (Å²) in [5.41, 5.74) is 0.976. The molecule has 3 heterocycles. The third-order valence-electron chi connectivity index (χ3n) is 8.52. The van der Waals surface area contributed by atoms with Crippen LogP contribution >= 0.6 is 27.7 Å². The number of likely N-dealkylation sites (tertiary alicyclic amines) is 1. The summed E-state index contributed by atoms with van der Waals surface area (Å²) in [6, 6.07) is 8.39. The number of hydrogen-bond acceptors (Lipinski definition) is 6. The maximum Gasteiger partial charge on any atom is 0.310 e. The molecule has 0 saturated carbocycles. The van der Waals surface area contributed by atoms with Gasteiger partial charge in [-0.3, -0.25) is 14.4 Å². The number of carbonyl (C=O) groups is 3. The zero-order valence-corrected chi connectivity index (χ0v) is 25.1. The Morgan fingerprint density at radius 1 is 1.31 bits per heavy atom. The van der Waals surface area contributed by atoms with Crippen LogP contribution in [-0.4, -0.2) is 79.4 Å². The number of fused-ring (bicyclic) bond motifs is 1. The Kier molecular flexibility index (Phi) is 9.65. The van der Waals surface area contributed by atoms with E-state index in [2.05, 4.69) is 29.1 Å². The van der Waals surface area contributed by atoms with Crippen molar-refractivity contribution in [3.8, 4) is 0 Å². The Labute approximate surface area is 244 Å². The number of rotatable bonds is 13. The number of alkyl halides is 1. The molecule has 3 unspecified atom stereocenters. The van der Waals surface area contributed by atoms with Crippen LogP contribution in [-0.2, 0) is 25.7 Å². The summed E-state index contributed by atoms with van der Waals surface area (Å²) in [7, 11) is 0. The highest BCUT2D eigenvalue weighted by Crippen LogP contribution is 2.68. The second-order valence-electron chi connectivity index (χ2n) is 10.8. The van der Waals surface area contributed by atoms with Gasteiger partial charge in [0.1, 0.15) is 6.04 Å². The van der Waals surface area contributed by atoms with E-state index >= 15 is 0 Å². The Balaban J connectivity index is 1.78. The van der Waals surface area contributed by atoms with Crippen molar-refractivity contribution in [3.05, 3.63) is 61.2 Å². The lowest BCUT2D eigenvalue weighted by molar-refractivity contribution is -0.154. The fourth-order valence-electron chi connectivity index (χ4n) is 6.49. The van der Waals surface area contributed by atoms with E-state index < -0.39 is 34.6 Å². The number of nitrogens with zero attached hydrogens (tertiary/aromatic N) is 2. The van der Waals surface area contributed by atoms with Crippen LogP contribution in [0.15, 0.2) is 55.6 Å². The molecule has 0 aromatic heterocycles. The van der Waals surface area contributed by atoms with E-state index in [4.69, 9.17) is 4.74 Å². The molecular weight excluding hydrogens is 580 g/mol. The number of aliphatic hydroxyl groups is 1. The second kappa shape index (κ2) is 12.6. The largest absolute Gasteiger partial charge is 0.465 e. The number of halogens is 1. The number of ether oxygens (including phenoxy) is 1. The van der Waals surface area contributed by atoms with Gasteiger partial charge < -0.3 is 19.6 Å². The van der Waals surface area contributed by atoms with Crippen LogP contribution in [0.5, 0.6) is 0 Å². The molecule has 3 aliphatic rings. The van der Waals surface area contributed by atoms with Crippen molar-refractivity contribution < 1.29 is 24.2 Å². The van der Waals surface area contributed by atoms with Gasteiger partial charge in [0.15, 0.2) is 0 Å². The van der Waals surface area contributed by atoms with E-state index in [0.717, 1.165) is 12.0 Å². The molecule has 2 bridgehead atoms. The third kappa shape index (κ3) is 5.34. The fourth-order valence-corrected chi connectivity index (χ4v) is 10.1. The number of thioether (sulfide) groups is 1. The molecule has 1 spiro atoms. The zero-order chi connectivity index (χ0) is 28.3. The number of aliphatic hydroxyl groups excluding tert-OH is 1. The van der Waals surface area contributed by atoms with Crippen LogP contribution in [0.2, 0.25) is 0 Å². The quantitative estimate of drug-likeness (QED) is 0.154. The number of benzene rings is 1. The van der Waals surface area contributed by atoms with Gasteiger partial charge in [-0.05, 0) is 24.3 Å². The molecule has 9 heteroatoms. The van der Waals surface area contributed by atoms with Crippen molar-refractivity contribution in [1.82, 2.24) is 9.80 Å². The summed E-state index contributed by atoms with van der Waals surface area (Å²) >= 11 is 5.37. The number of carbonyl (C=O) groups excluding carboxylic acids is 3. The average Bonchev–Trinajstić information content (AvgIpc) is 3.52. The van der Waals surface area contributed by atoms with Gasteiger partial charge in [0, 0.05) is 23.2 Å². The first-order chi connectivity index (χ1) is 18.7. The lowest BCUT2D eigenvalue weighted by atomic mass is 9.71. The van der Waals surface area contributed by atoms with Gasteiger partial charge in [-0.1, -0.05) is 78.7 Å². The van der Waals surface area contributed by atoms with E-state index in [1.165, 1.54) is 0 Å². The summed E-state index contributed by atoms with van der Waals surface area (Å²) in [5.74, 6) is -2.19. The van der Waals surface area contributed by atoms with Gasteiger partial charge in [-0.15, -0.1) is 24.9 Å². The van der Waals surface area contributed by atoms with Crippen LogP contribution in [0.25, 0.3) is 0 Å². The maximum absolute atomic E-state index is 14.6. The number of hydrogen-bond donors (Lipinski definition) is 1. The minimum absolute atomic E-state index is 0.0357. The lowest BCUT2D eigenvalue weighted by Gasteiger charge is -2.41. The highest BCUT2D eigenvalue weighted by molar-refractivity contribution is 9.09. The molecule has 8 atom stereocenters. The number of amides is 2. The van der Waals surface area contributed by atoms with Gasteiger partial charge in [0.25, 0.3) is 0 Å². The summed E-state index contributed by atoms with van der Waals surface area (Å²) < 4.78 is 4.80. The smallest absolute Gasteiger partial charge is 0.310 e. The van der Waals surface area contributed by atoms with E-state index in [9.17, 15) is 19.5 Å². The van der Waals surface area contributed by atoms with Gasteiger partial charge >= 0.3 is 5.97 Å². The minimum atomic E-state index is -0.814. The Bertz CT molecular complexity index is 1090. The van der Waals surface area contributed by atoms with Crippen LogP contribution in [0.3, 0.4) is 0 Å². The Morgan fingerprint density at radius 3 is 2.64 bits per heavy atom. The van der Waals surface area contributed by atoms with Crippen molar-refractivity contribution in [3.63, 3.8) is 0 Å². The van der Waals surface area contributed by atoms with E-state index in [-0.39, 0.29) is 41.0 Å². The summed E-state index contributed by atoms with van der Waals surface area (Å²) in [5, 5.41) is 10.4. The highest BCUT2D eigenvalue weighted by Gasteiger charge is 2.76. The van der Waals surface area contributed by atoms with Gasteiger partial charge in [-0.25, -0.2) is 0 Å². The molecule has 0 radical (unpaired) electrons. The van der Waals surface area contributed by atoms with Crippen molar-refractivity contribution in [2.24, 2.45) is 17.8 Å². The van der Waals surface area contributed by atoms with Crippen LogP contribution in [0.4, 0.5) is 0 Å². The van der Waals surface area contributed by atoms with Crippen molar-refractivity contribution in [1.29, 1.82) is 0 Å². The monoisotopic (exact) mass is 618 g/mol. The predicted molar refractivity (Wildman–Crippen MR) is 157 cm³/mol. The van der Waals surface area contributed by atoms with Crippen LogP contribution in [0.1, 0.15) is 38.7 Å². The third-order valence-corrected chi connectivity index (χ3v) is 11.7. The molecule has 212 valence electrons. The van der Waals surface area contributed by atoms with Gasteiger partial charge in [0.05, 0.1) is 35.8 Å². The molecule has 3 aliphatic heterocycles. The van der Waals surface area contributed by atoms with Crippen LogP contribution < -0.4 is 0 Å². The van der Waals surface area contributed by atoms with Crippen molar-refractivity contribution in [2.75, 3.05) is 19.8 Å². The summed E-state index contributed by atoms with van der Waals surface area (Å²) in [6.45, 7) is 12.2. The number of esters is 1. The molecule has 3 saturated heterocycles. The normalized spacial score (nSPS) is 30.5. The van der Waals surface area contributed by atoms with Gasteiger partial charge in [0.2, 0.25) is 11.8 Å². The van der Waals surface area contributed by atoms with Crippen LogP contribution in [0, 0.1) is 17.8 Å². The van der Waals surface area contributed by atoms with E-state index in [0.29, 0.717) is 25.9 Å². The average molecular weight is 620 g/mol. The molecule has 0 aliphatic carbocycles. The van der Waals surface area contributed by atoms with E-state index in [1.54, 1.807) is 33.7 Å². The van der Waals surface area contributed by atoms with E-state index in [1.807, 2.05) is 44.2 Å². The second-order valence-corrected chi connectivity index (χ2v) is 13.5. The summed E-state index contributed by atoms with van der Waals surface area (Å²) in [6.07, 6.45) is 5.22. The molecular formula is C30H39BrN2O5S. The fraction of sp³-hybridized carbons (Fsp3) is 0.567. The Morgan fingerprint density at radius 2 is 2.03 bits per heavy atom. The van der Waals surface area contributed by atoms with Crippen molar-refractivity contribution in [2.45, 2.75) is 66.6 Å². The molecule has 1 N–H and O–H groups in total. The molecule has 1 aromatic carbocycles. The molecule has 39 heavy (non-hydrogen) atoms. The Hall–Kier alpha value is -2.10. The molecule has 4 rings (SSSR count). The van der Waals surface area contributed by atoms with Gasteiger partial charge in [-0.2, -0.15) is 0 Å². The molecule has 1 aromatic rings. The first-order valence-corrected chi connectivity index (χ1v) is 15.5. The standard InChI is InChI=1S/C30H39BrN2O5S/c1-5-8-15-38-29(37)23-24-27(35)33(22(18-34)19(4)7-3)26(30(24)16-21(31)25(23)39-30)28(36)32(14-6-2)17-20-12-10-9-11-13-20/h5-6,9-13,19,21-26,34H,1-2,7-8,14-18H2,3-4H3/t19-,21?,22-,23+,24-,25+,26?,30?/m0/s1. The highest BCUT2D eigenvalue weighted by atomic mass is 79.9. The zero-order valence-electron chi connectivity index (χ0n) is 22.7. The minimum Gasteiger partial charge on any atom is -0.465 e. The topological polar surface area (TPSA) is 87.2 Å². The van der Waals surface area contributed by atoms with Crippen molar-refractivity contribution >= 4 is 45.5 Å². The summed E-state index contributed by atoms with van der Waals surface area (Å²) in [4.78, 5) is 45.7. The molecule has 2 amide bonds. The first kappa shape index (κ1) is 29.9. The molecule has 7 nitrogen and oxygen atoms in total. The predicted octanol–water partition coefficient (Wildman–Crippen LogP) is 4.19. The molecule has 3 fully saturated rings.